The number of ether oxygens (including phenoxy) is 1. The average Bonchev–Trinajstić information content (AvgIpc) is 2.78. The van der Waals surface area contributed by atoms with Crippen LogP contribution in [0.4, 0.5) is 0 Å². The number of aliphatic hydroxyl groups is 1. The van der Waals surface area contributed by atoms with E-state index in [-0.39, 0.29) is 12.6 Å². The molecule has 2 atom stereocenters. The zero-order valence-electron chi connectivity index (χ0n) is 11.5. The molecule has 1 aromatic carbocycles. The van der Waals surface area contributed by atoms with Crippen molar-refractivity contribution in [2.24, 2.45) is 5.92 Å². The van der Waals surface area contributed by atoms with Crippen LogP contribution in [0, 0.1) is 17.2 Å². The van der Waals surface area contributed by atoms with Gasteiger partial charge in [-0.15, -0.1) is 0 Å². The monoisotopic (exact) mass is 260 g/mol. The van der Waals surface area contributed by atoms with Gasteiger partial charge in [0.05, 0.1) is 19.3 Å². The molecule has 2 unspecified atom stereocenters. The first-order valence-electron chi connectivity index (χ1n) is 6.61. The predicted octanol–water partition coefficient (Wildman–Crippen LogP) is 1.77. The minimum Gasteiger partial charge on any atom is -0.495 e. The second kappa shape index (κ2) is 6.05. The molecule has 4 nitrogen and oxygen atoms in total. The standard InChI is InChI=1S/C15H20N2O2/c1-11-5-6-17(14(11)10-18)9-12-3-4-15(19-2)13(7-12)8-16/h3-4,7,11,14,18H,5-6,9-10H2,1-2H3. The predicted molar refractivity (Wildman–Crippen MR) is 72.8 cm³/mol. The molecule has 1 aromatic rings. The number of hydrogen-bond donors (Lipinski definition) is 1. The van der Waals surface area contributed by atoms with Crippen LogP contribution < -0.4 is 4.74 Å². The van der Waals surface area contributed by atoms with E-state index < -0.39 is 0 Å². The van der Waals surface area contributed by atoms with Crippen LogP contribution >= 0.6 is 0 Å². The van der Waals surface area contributed by atoms with Crippen LogP contribution in [0.25, 0.3) is 0 Å². The van der Waals surface area contributed by atoms with E-state index in [1.165, 1.54) is 0 Å². The van der Waals surface area contributed by atoms with Gasteiger partial charge in [0.25, 0.3) is 0 Å². The summed E-state index contributed by atoms with van der Waals surface area (Å²) < 4.78 is 5.14. The smallest absolute Gasteiger partial charge is 0.136 e. The number of nitriles is 1. The lowest BCUT2D eigenvalue weighted by molar-refractivity contribution is 0.134. The van der Waals surface area contributed by atoms with Crippen molar-refractivity contribution >= 4 is 0 Å². The number of rotatable bonds is 4. The van der Waals surface area contributed by atoms with Gasteiger partial charge in [0, 0.05) is 12.6 Å². The quantitative estimate of drug-likeness (QED) is 0.896. The van der Waals surface area contributed by atoms with Crippen molar-refractivity contribution in [2.75, 3.05) is 20.3 Å². The zero-order chi connectivity index (χ0) is 13.8. The molecule has 1 heterocycles. The number of likely N-dealkylation sites (tertiary alicyclic amines) is 1. The van der Waals surface area contributed by atoms with Crippen LogP contribution in [0.1, 0.15) is 24.5 Å². The van der Waals surface area contributed by atoms with E-state index in [2.05, 4.69) is 17.9 Å². The molecule has 2 rings (SSSR count). The lowest BCUT2D eigenvalue weighted by Gasteiger charge is -2.25. The van der Waals surface area contributed by atoms with Gasteiger partial charge in [0.2, 0.25) is 0 Å². The van der Waals surface area contributed by atoms with Crippen molar-refractivity contribution < 1.29 is 9.84 Å². The molecular formula is C15H20N2O2. The van der Waals surface area contributed by atoms with Gasteiger partial charge in [-0.05, 0) is 36.6 Å². The number of aliphatic hydroxyl groups excluding tert-OH is 1. The second-order valence-electron chi connectivity index (χ2n) is 5.13. The van der Waals surface area contributed by atoms with Crippen molar-refractivity contribution in [1.82, 2.24) is 4.90 Å². The molecule has 1 aliphatic rings. The van der Waals surface area contributed by atoms with Crippen LogP contribution in [0.3, 0.4) is 0 Å². The Morgan fingerprint density at radius 2 is 2.32 bits per heavy atom. The second-order valence-corrected chi connectivity index (χ2v) is 5.13. The Morgan fingerprint density at radius 1 is 1.53 bits per heavy atom. The molecule has 0 radical (unpaired) electrons. The first-order chi connectivity index (χ1) is 9.19. The van der Waals surface area contributed by atoms with Crippen LogP contribution in [0.5, 0.6) is 5.75 Å². The van der Waals surface area contributed by atoms with Gasteiger partial charge >= 0.3 is 0 Å². The van der Waals surface area contributed by atoms with Gasteiger partial charge < -0.3 is 9.84 Å². The van der Waals surface area contributed by atoms with Gasteiger partial charge in [-0.2, -0.15) is 5.26 Å². The highest BCUT2D eigenvalue weighted by Crippen LogP contribution is 2.26. The highest BCUT2D eigenvalue weighted by molar-refractivity contribution is 5.45. The molecule has 0 spiro atoms. The summed E-state index contributed by atoms with van der Waals surface area (Å²) in [4.78, 5) is 2.29. The van der Waals surface area contributed by atoms with E-state index in [0.29, 0.717) is 17.2 Å². The maximum Gasteiger partial charge on any atom is 0.136 e. The summed E-state index contributed by atoms with van der Waals surface area (Å²) in [6.45, 7) is 4.15. The Hall–Kier alpha value is -1.57. The molecule has 1 fully saturated rings. The van der Waals surface area contributed by atoms with Crippen molar-refractivity contribution in [1.29, 1.82) is 5.26 Å². The molecule has 0 aliphatic carbocycles. The van der Waals surface area contributed by atoms with Crippen LogP contribution in [0.15, 0.2) is 18.2 Å². The lowest BCUT2D eigenvalue weighted by atomic mass is 10.0. The van der Waals surface area contributed by atoms with E-state index in [0.717, 1.165) is 25.1 Å². The van der Waals surface area contributed by atoms with Gasteiger partial charge in [0.15, 0.2) is 0 Å². The molecule has 0 aromatic heterocycles. The Bertz CT molecular complexity index is 482. The van der Waals surface area contributed by atoms with Crippen LogP contribution in [-0.2, 0) is 6.54 Å². The number of benzene rings is 1. The molecule has 0 amide bonds. The molecule has 1 saturated heterocycles. The molecular weight excluding hydrogens is 240 g/mol. The summed E-state index contributed by atoms with van der Waals surface area (Å²) >= 11 is 0. The highest BCUT2D eigenvalue weighted by Gasteiger charge is 2.30. The van der Waals surface area contributed by atoms with E-state index >= 15 is 0 Å². The summed E-state index contributed by atoms with van der Waals surface area (Å²) in [5, 5.41) is 18.5. The third kappa shape index (κ3) is 2.89. The minimum absolute atomic E-state index is 0.197. The zero-order valence-corrected chi connectivity index (χ0v) is 11.5. The van der Waals surface area contributed by atoms with Crippen molar-refractivity contribution in [2.45, 2.75) is 25.9 Å². The third-order valence-electron chi connectivity index (χ3n) is 3.95. The first-order valence-corrected chi connectivity index (χ1v) is 6.61. The van der Waals surface area contributed by atoms with Gasteiger partial charge in [0.1, 0.15) is 11.8 Å². The summed E-state index contributed by atoms with van der Waals surface area (Å²) in [5.41, 5.74) is 1.65. The molecule has 102 valence electrons. The maximum atomic E-state index is 9.45. The third-order valence-corrected chi connectivity index (χ3v) is 3.95. The van der Waals surface area contributed by atoms with Crippen molar-refractivity contribution in [3.63, 3.8) is 0 Å². The van der Waals surface area contributed by atoms with E-state index in [1.54, 1.807) is 7.11 Å². The fourth-order valence-electron chi connectivity index (χ4n) is 2.75. The number of hydrogen-bond acceptors (Lipinski definition) is 4. The van der Waals surface area contributed by atoms with E-state index in [9.17, 15) is 5.11 Å². The molecule has 4 heteroatoms. The Morgan fingerprint density at radius 3 is 2.95 bits per heavy atom. The summed E-state index contributed by atoms with van der Waals surface area (Å²) in [7, 11) is 1.57. The molecule has 19 heavy (non-hydrogen) atoms. The topological polar surface area (TPSA) is 56.5 Å². The normalized spacial score (nSPS) is 23.3. The SMILES string of the molecule is COc1ccc(CN2CCC(C)C2CO)cc1C#N. The Kier molecular flexibility index (Phi) is 4.41. The van der Waals surface area contributed by atoms with Crippen LogP contribution in [-0.4, -0.2) is 36.3 Å². The van der Waals surface area contributed by atoms with Crippen molar-refractivity contribution in [3.05, 3.63) is 29.3 Å². The molecule has 0 bridgehead atoms. The largest absolute Gasteiger partial charge is 0.495 e. The summed E-state index contributed by atoms with van der Waals surface area (Å²) in [6, 6.07) is 8.07. The van der Waals surface area contributed by atoms with Gasteiger partial charge in [-0.25, -0.2) is 0 Å². The number of nitrogens with zero attached hydrogens (tertiary/aromatic N) is 2. The average molecular weight is 260 g/mol. The maximum absolute atomic E-state index is 9.45. The van der Waals surface area contributed by atoms with Crippen LogP contribution in [0.2, 0.25) is 0 Å². The van der Waals surface area contributed by atoms with Gasteiger partial charge in [-0.1, -0.05) is 13.0 Å². The van der Waals surface area contributed by atoms with E-state index in [1.807, 2.05) is 18.2 Å². The van der Waals surface area contributed by atoms with E-state index in [4.69, 9.17) is 10.00 Å². The molecule has 0 saturated carbocycles. The Balaban J connectivity index is 2.14. The minimum atomic E-state index is 0.197. The Labute approximate surface area is 114 Å². The summed E-state index contributed by atoms with van der Waals surface area (Å²) in [6.07, 6.45) is 1.12. The summed E-state index contributed by atoms with van der Waals surface area (Å²) in [5.74, 6) is 1.14. The fourth-order valence-corrected chi connectivity index (χ4v) is 2.75. The molecule has 1 N–H and O–H groups in total. The van der Waals surface area contributed by atoms with Gasteiger partial charge in [-0.3, -0.25) is 4.90 Å². The first kappa shape index (κ1) is 13.9. The molecule has 1 aliphatic heterocycles. The number of methoxy groups -OCH3 is 1. The lowest BCUT2D eigenvalue weighted by Crippen LogP contribution is -2.34. The van der Waals surface area contributed by atoms with Crippen molar-refractivity contribution in [3.8, 4) is 11.8 Å². The fraction of sp³-hybridized carbons (Fsp3) is 0.533. The highest BCUT2D eigenvalue weighted by atomic mass is 16.5.